The topological polar surface area (TPSA) is 131 Å². The van der Waals surface area contributed by atoms with E-state index in [1.165, 1.54) is 11.8 Å². The van der Waals surface area contributed by atoms with Crippen LogP contribution < -0.4 is 21.5 Å². The third-order valence-corrected chi connectivity index (χ3v) is 7.17. The van der Waals surface area contributed by atoms with Gasteiger partial charge in [-0.2, -0.15) is 22.7 Å². The quantitative estimate of drug-likeness (QED) is 0.403. The SMILES string of the molecule is CCc1c(N2CCN(C(=O)CN)CC2)c(=O)n2nc(SC)nc2n1CC(=O)Nc1ccc(C(F)(F)F)cc1Cl. The van der Waals surface area contributed by atoms with E-state index in [0.29, 0.717) is 49.1 Å². The molecule has 0 bridgehead atoms. The van der Waals surface area contributed by atoms with Gasteiger partial charge in [0.25, 0.3) is 5.56 Å². The third kappa shape index (κ3) is 5.84. The number of nitrogens with zero attached hydrogens (tertiary/aromatic N) is 6. The zero-order chi connectivity index (χ0) is 28.5. The van der Waals surface area contributed by atoms with Crippen molar-refractivity contribution < 1.29 is 22.8 Å². The zero-order valence-corrected chi connectivity index (χ0v) is 22.7. The second kappa shape index (κ2) is 11.4. The Morgan fingerprint density at radius 3 is 2.46 bits per heavy atom. The van der Waals surface area contributed by atoms with Crippen molar-refractivity contribution in [2.45, 2.75) is 31.2 Å². The van der Waals surface area contributed by atoms with Gasteiger partial charge in [0.15, 0.2) is 0 Å². The van der Waals surface area contributed by atoms with Gasteiger partial charge in [0.1, 0.15) is 12.2 Å². The van der Waals surface area contributed by atoms with E-state index in [4.69, 9.17) is 17.3 Å². The number of piperazine rings is 1. The summed E-state index contributed by atoms with van der Waals surface area (Å²) in [4.78, 5) is 46.6. The number of carbonyl (C=O) groups is 2. The molecule has 2 aromatic heterocycles. The van der Waals surface area contributed by atoms with Gasteiger partial charge in [-0.25, -0.2) is 0 Å². The first-order valence-electron chi connectivity index (χ1n) is 11.9. The monoisotopic (exact) mass is 586 g/mol. The van der Waals surface area contributed by atoms with Crippen molar-refractivity contribution in [1.29, 1.82) is 0 Å². The summed E-state index contributed by atoms with van der Waals surface area (Å²) in [7, 11) is 0. The summed E-state index contributed by atoms with van der Waals surface area (Å²) in [6.45, 7) is 2.90. The number of fused-ring (bicyclic) bond motifs is 1. The normalized spacial score (nSPS) is 14.2. The lowest BCUT2D eigenvalue weighted by Crippen LogP contribution is -2.52. The molecule has 0 unspecified atom stereocenters. The third-order valence-electron chi connectivity index (χ3n) is 6.32. The molecular weight excluding hydrogens is 561 g/mol. The molecule has 1 aliphatic rings. The van der Waals surface area contributed by atoms with Crippen molar-refractivity contribution in [3.05, 3.63) is 44.8 Å². The molecule has 39 heavy (non-hydrogen) atoms. The second-order valence-corrected chi connectivity index (χ2v) is 9.84. The van der Waals surface area contributed by atoms with E-state index in [1.807, 2.05) is 11.8 Å². The Morgan fingerprint density at radius 2 is 1.90 bits per heavy atom. The number of nitrogens with one attached hydrogen (secondary N) is 1. The number of nitrogens with two attached hydrogens (primary N) is 1. The molecule has 1 fully saturated rings. The molecule has 210 valence electrons. The largest absolute Gasteiger partial charge is 0.416 e. The molecule has 0 atom stereocenters. The maximum Gasteiger partial charge on any atom is 0.416 e. The van der Waals surface area contributed by atoms with E-state index in [1.54, 1.807) is 15.7 Å². The predicted octanol–water partition coefficient (Wildman–Crippen LogP) is 2.09. The molecule has 3 heterocycles. The van der Waals surface area contributed by atoms with Gasteiger partial charge in [0.05, 0.1) is 28.5 Å². The first kappa shape index (κ1) is 28.7. The van der Waals surface area contributed by atoms with Crippen LogP contribution in [0.1, 0.15) is 18.2 Å². The fourth-order valence-electron chi connectivity index (χ4n) is 4.43. The van der Waals surface area contributed by atoms with Crippen molar-refractivity contribution in [2.24, 2.45) is 5.73 Å². The molecule has 0 saturated carbocycles. The average molecular weight is 587 g/mol. The van der Waals surface area contributed by atoms with Crippen molar-refractivity contribution >= 4 is 52.3 Å². The summed E-state index contributed by atoms with van der Waals surface area (Å²) in [5.41, 5.74) is 5.01. The van der Waals surface area contributed by atoms with Crippen LogP contribution in [0, 0.1) is 0 Å². The minimum absolute atomic E-state index is 0.0111. The van der Waals surface area contributed by atoms with Gasteiger partial charge in [-0.3, -0.25) is 14.4 Å². The van der Waals surface area contributed by atoms with Crippen LogP contribution in [0.2, 0.25) is 5.02 Å². The highest BCUT2D eigenvalue weighted by Gasteiger charge is 2.31. The van der Waals surface area contributed by atoms with Crippen LogP contribution in [0.25, 0.3) is 5.78 Å². The number of aromatic nitrogens is 4. The van der Waals surface area contributed by atoms with Crippen LogP contribution in [0.15, 0.2) is 28.2 Å². The number of rotatable bonds is 7. The van der Waals surface area contributed by atoms with Crippen LogP contribution in [-0.2, 0) is 28.7 Å². The molecule has 1 saturated heterocycles. The molecule has 0 spiro atoms. The molecular formula is C23H26ClF3N8O3S. The second-order valence-electron chi connectivity index (χ2n) is 8.66. The lowest BCUT2D eigenvalue weighted by atomic mass is 10.2. The van der Waals surface area contributed by atoms with Crippen molar-refractivity contribution in [1.82, 2.24) is 24.1 Å². The van der Waals surface area contributed by atoms with Crippen LogP contribution in [0.4, 0.5) is 24.5 Å². The number of anilines is 2. The Kier molecular flexibility index (Phi) is 8.42. The Bertz CT molecular complexity index is 1470. The molecule has 1 aromatic carbocycles. The molecule has 0 radical (unpaired) electrons. The number of alkyl halides is 3. The van der Waals surface area contributed by atoms with E-state index in [2.05, 4.69) is 15.4 Å². The highest BCUT2D eigenvalue weighted by molar-refractivity contribution is 7.98. The Morgan fingerprint density at radius 1 is 1.21 bits per heavy atom. The van der Waals surface area contributed by atoms with Gasteiger partial charge < -0.3 is 25.4 Å². The lowest BCUT2D eigenvalue weighted by molar-refractivity contribution is -0.137. The number of thioether (sulfide) groups is 1. The molecule has 1 aliphatic heterocycles. The Balaban J connectivity index is 1.71. The molecule has 2 amide bonds. The molecule has 0 aliphatic carbocycles. The van der Waals surface area contributed by atoms with Crippen molar-refractivity contribution in [3.63, 3.8) is 0 Å². The average Bonchev–Trinajstić information content (AvgIpc) is 3.35. The minimum Gasteiger partial charge on any atom is -0.362 e. The summed E-state index contributed by atoms with van der Waals surface area (Å²) < 4.78 is 41.7. The van der Waals surface area contributed by atoms with Crippen LogP contribution in [-0.4, -0.2) is 74.9 Å². The van der Waals surface area contributed by atoms with Crippen LogP contribution in [0.5, 0.6) is 0 Å². The van der Waals surface area contributed by atoms with E-state index < -0.39 is 23.2 Å². The standard InChI is InChI=1S/C23H26ClF3N8O3S/c1-3-16-19(33-8-6-32(7-9-33)18(37)11-28)20(38)35-22(30-21(31-35)39-2)34(16)12-17(36)29-15-5-4-13(10-14(15)24)23(25,26)27/h4-5,10H,3,6-9,11-12,28H2,1-2H3,(H,29,36). The van der Waals surface area contributed by atoms with Gasteiger partial charge in [0.2, 0.25) is 22.7 Å². The van der Waals surface area contributed by atoms with E-state index in [9.17, 15) is 27.6 Å². The maximum atomic E-state index is 13.6. The number of amides is 2. The summed E-state index contributed by atoms with van der Waals surface area (Å²) in [6, 6.07) is 2.65. The van der Waals surface area contributed by atoms with Crippen molar-refractivity contribution in [2.75, 3.05) is 49.2 Å². The maximum absolute atomic E-state index is 13.6. The summed E-state index contributed by atoms with van der Waals surface area (Å²) in [6.07, 6.45) is -2.47. The fourth-order valence-corrected chi connectivity index (χ4v) is 5.00. The number of hydrogen-bond acceptors (Lipinski definition) is 8. The molecule has 11 nitrogen and oxygen atoms in total. The van der Waals surface area contributed by atoms with Gasteiger partial charge in [-0.05, 0) is 30.9 Å². The van der Waals surface area contributed by atoms with Gasteiger partial charge in [0, 0.05) is 26.2 Å². The van der Waals surface area contributed by atoms with Crippen LogP contribution >= 0.6 is 23.4 Å². The number of carbonyl (C=O) groups excluding carboxylic acids is 2. The highest BCUT2D eigenvalue weighted by atomic mass is 35.5. The fraction of sp³-hybridized carbons (Fsp3) is 0.435. The lowest BCUT2D eigenvalue weighted by Gasteiger charge is -2.36. The van der Waals surface area contributed by atoms with Gasteiger partial charge in [-0.15, -0.1) is 5.10 Å². The van der Waals surface area contributed by atoms with E-state index in [0.717, 1.165) is 22.7 Å². The number of hydrogen-bond donors (Lipinski definition) is 2. The zero-order valence-electron chi connectivity index (χ0n) is 21.1. The molecule has 3 aromatic rings. The predicted molar refractivity (Wildman–Crippen MR) is 141 cm³/mol. The molecule has 3 N–H and O–H groups in total. The number of halogens is 4. The smallest absolute Gasteiger partial charge is 0.362 e. The first-order chi connectivity index (χ1) is 18.5. The van der Waals surface area contributed by atoms with Crippen molar-refractivity contribution in [3.8, 4) is 0 Å². The minimum atomic E-state index is -4.58. The van der Waals surface area contributed by atoms with Gasteiger partial charge >= 0.3 is 6.18 Å². The van der Waals surface area contributed by atoms with E-state index >= 15 is 0 Å². The number of benzene rings is 1. The van der Waals surface area contributed by atoms with Crippen LogP contribution in [0.3, 0.4) is 0 Å². The highest BCUT2D eigenvalue weighted by Crippen LogP contribution is 2.34. The summed E-state index contributed by atoms with van der Waals surface area (Å²) in [5.74, 6) is -0.622. The molecule has 4 rings (SSSR count). The summed E-state index contributed by atoms with van der Waals surface area (Å²) in [5, 5.41) is 6.88. The van der Waals surface area contributed by atoms with Gasteiger partial charge in [-0.1, -0.05) is 30.3 Å². The Labute approximate surface area is 230 Å². The molecule has 16 heteroatoms. The summed E-state index contributed by atoms with van der Waals surface area (Å²) >= 11 is 7.24. The first-order valence-corrected chi connectivity index (χ1v) is 13.5. The van der Waals surface area contributed by atoms with E-state index in [-0.39, 0.29) is 35.5 Å². The Hall–Kier alpha value is -3.30.